The van der Waals surface area contributed by atoms with Crippen LogP contribution in [0, 0.1) is 0 Å². The zero-order valence-corrected chi connectivity index (χ0v) is 11.9. The number of ketones is 1. The van der Waals surface area contributed by atoms with Gasteiger partial charge in [0.25, 0.3) is 5.91 Å². The van der Waals surface area contributed by atoms with E-state index in [1.54, 1.807) is 24.3 Å². The van der Waals surface area contributed by atoms with Crippen LogP contribution in [-0.2, 0) is 4.79 Å². The van der Waals surface area contributed by atoms with Crippen LogP contribution in [-0.4, -0.2) is 24.5 Å². The number of halogens is 2. The van der Waals surface area contributed by atoms with Gasteiger partial charge >= 0.3 is 0 Å². The largest absolute Gasteiger partial charge is 0.496 e. The molecule has 0 saturated carbocycles. The lowest BCUT2D eigenvalue weighted by atomic mass is 10.1. The fourth-order valence-electron chi connectivity index (χ4n) is 1.61. The maximum atomic E-state index is 12.1. The first-order valence-electron chi connectivity index (χ1n) is 5.58. The highest BCUT2D eigenvalue weighted by atomic mass is 35.5. The topological polar surface area (TPSA) is 55.7 Å². The standard InChI is InChI=1S/C14H9Cl2NO3/c1-20-12-5-3-2-4-9(12)14(19)17-8-6-10(15)13(18)11(16)7-8/h2-7H,1H3. The lowest BCUT2D eigenvalue weighted by molar-refractivity contribution is -0.111. The number of carbonyl (C=O) groups is 2. The van der Waals surface area contributed by atoms with E-state index in [-0.39, 0.29) is 15.8 Å². The molecule has 1 amide bonds. The smallest absolute Gasteiger partial charge is 0.281 e. The third-order valence-electron chi connectivity index (χ3n) is 2.55. The molecule has 0 heterocycles. The number of rotatable bonds is 2. The number of hydrogen-bond donors (Lipinski definition) is 0. The van der Waals surface area contributed by atoms with E-state index in [1.807, 2.05) is 0 Å². The van der Waals surface area contributed by atoms with E-state index in [0.717, 1.165) is 0 Å². The molecule has 2 rings (SSSR count). The van der Waals surface area contributed by atoms with Crippen LogP contribution in [0.4, 0.5) is 0 Å². The Bertz CT molecular complexity index is 651. The van der Waals surface area contributed by atoms with E-state index in [0.29, 0.717) is 11.3 Å². The number of nitrogens with zero attached hydrogens (tertiary/aromatic N) is 1. The third-order valence-corrected chi connectivity index (χ3v) is 3.11. The van der Waals surface area contributed by atoms with Crippen LogP contribution in [0.2, 0.25) is 0 Å². The Hall–Kier alpha value is -1.91. The number of aliphatic imine (C=N–C) groups is 1. The lowest BCUT2D eigenvalue weighted by Crippen LogP contribution is -2.10. The van der Waals surface area contributed by atoms with Gasteiger partial charge in [-0.15, -0.1) is 0 Å². The minimum Gasteiger partial charge on any atom is -0.496 e. The maximum Gasteiger partial charge on any atom is 0.281 e. The van der Waals surface area contributed by atoms with Crippen molar-refractivity contribution in [2.45, 2.75) is 0 Å². The van der Waals surface area contributed by atoms with Crippen molar-refractivity contribution in [1.82, 2.24) is 0 Å². The number of benzene rings is 1. The normalized spacial score (nSPS) is 14.6. The predicted molar refractivity (Wildman–Crippen MR) is 77.6 cm³/mol. The molecule has 0 saturated heterocycles. The monoisotopic (exact) mass is 309 g/mol. The first-order chi connectivity index (χ1) is 9.52. The quantitative estimate of drug-likeness (QED) is 0.789. The zero-order valence-electron chi connectivity index (χ0n) is 10.4. The number of Topliss-reactive ketones (excluding diaryl/α,β-unsaturated/α-hetero) is 1. The van der Waals surface area contributed by atoms with Gasteiger partial charge in [-0.1, -0.05) is 35.3 Å². The number of methoxy groups -OCH3 is 1. The molecule has 0 unspecified atom stereocenters. The number of amides is 1. The molecule has 20 heavy (non-hydrogen) atoms. The molecule has 6 heteroatoms. The van der Waals surface area contributed by atoms with Crippen LogP contribution in [0.25, 0.3) is 0 Å². The molecule has 0 bridgehead atoms. The zero-order chi connectivity index (χ0) is 14.7. The van der Waals surface area contributed by atoms with Crippen LogP contribution in [0.1, 0.15) is 10.4 Å². The van der Waals surface area contributed by atoms with Crippen LogP contribution in [0.3, 0.4) is 0 Å². The highest BCUT2D eigenvalue weighted by molar-refractivity contribution is 6.57. The summed E-state index contributed by atoms with van der Waals surface area (Å²) in [6, 6.07) is 6.70. The Morgan fingerprint density at radius 1 is 1.15 bits per heavy atom. The molecule has 0 fully saturated rings. The minimum atomic E-state index is -0.506. The van der Waals surface area contributed by atoms with E-state index in [1.165, 1.54) is 19.3 Å². The van der Waals surface area contributed by atoms with Crippen LogP contribution in [0.15, 0.2) is 51.5 Å². The highest BCUT2D eigenvalue weighted by Gasteiger charge is 2.19. The second kappa shape index (κ2) is 6.03. The summed E-state index contributed by atoms with van der Waals surface area (Å²) in [5.41, 5.74) is 0.531. The first kappa shape index (κ1) is 14.5. The Morgan fingerprint density at radius 3 is 2.35 bits per heavy atom. The molecule has 0 aliphatic heterocycles. The van der Waals surface area contributed by atoms with E-state index < -0.39 is 11.7 Å². The van der Waals surface area contributed by atoms with Crippen molar-refractivity contribution in [2.24, 2.45) is 4.99 Å². The van der Waals surface area contributed by atoms with Gasteiger partial charge in [-0.2, -0.15) is 0 Å². The molecule has 1 aromatic rings. The molecular weight excluding hydrogens is 301 g/mol. The van der Waals surface area contributed by atoms with Crippen molar-refractivity contribution in [2.75, 3.05) is 7.11 Å². The maximum absolute atomic E-state index is 12.1. The van der Waals surface area contributed by atoms with E-state index in [4.69, 9.17) is 27.9 Å². The van der Waals surface area contributed by atoms with Gasteiger partial charge in [-0.3, -0.25) is 9.59 Å². The van der Waals surface area contributed by atoms with Crippen molar-refractivity contribution in [3.8, 4) is 5.75 Å². The molecule has 0 aromatic heterocycles. The molecular formula is C14H9Cl2NO3. The van der Waals surface area contributed by atoms with E-state index in [2.05, 4.69) is 4.99 Å². The minimum absolute atomic E-state index is 0.0796. The van der Waals surface area contributed by atoms with Gasteiger partial charge in [0.05, 0.1) is 28.4 Å². The second-order valence-electron chi connectivity index (χ2n) is 3.86. The average Bonchev–Trinajstić information content (AvgIpc) is 2.44. The molecule has 102 valence electrons. The molecule has 0 radical (unpaired) electrons. The van der Waals surface area contributed by atoms with Crippen LogP contribution >= 0.6 is 23.2 Å². The molecule has 0 N–H and O–H groups in total. The summed E-state index contributed by atoms with van der Waals surface area (Å²) in [6.45, 7) is 0. The molecule has 1 aliphatic carbocycles. The number of hydrogen-bond acceptors (Lipinski definition) is 3. The van der Waals surface area contributed by atoms with Crippen molar-refractivity contribution in [3.05, 3.63) is 52.0 Å². The summed E-state index contributed by atoms with van der Waals surface area (Å²) in [4.78, 5) is 27.3. The summed E-state index contributed by atoms with van der Waals surface area (Å²) in [7, 11) is 1.46. The van der Waals surface area contributed by atoms with Gasteiger partial charge in [-0.25, -0.2) is 4.99 Å². The molecule has 1 aromatic carbocycles. The molecule has 0 atom stereocenters. The van der Waals surface area contributed by atoms with Gasteiger partial charge < -0.3 is 4.74 Å². The Labute approximate surface area is 125 Å². The van der Waals surface area contributed by atoms with Gasteiger partial charge in [-0.05, 0) is 24.3 Å². The summed E-state index contributed by atoms with van der Waals surface area (Å²) in [5, 5.41) is -0.159. The summed E-state index contributed by atoms with van der Waals surface area (Å²) < 4.78 is 5.09. The Kier molecular flexibility index (Phi) is 4.37. The van der Waals surface area contributed by atoms with Gasteiger partial charge in [0.15, 0.2) is 0 Å². The number of para-hydroxylation sites is 1. The highest BCUT2D eigenvalue weighted by Crippen LogP contribution is 2.21. The number of allylic oxidation sites excluding steroid dienone is 4. The van der Waals surface area contributed by atoms with Gasteiger partial charge in [0, 0.05) is 0 Å². The van der Waals surface area contributed by atoms with Crippen LogP contribution < -0.4 is 4.74 Å². The first-order valence-corrected chi connectivity index (χ1v) is 6.33. The SMILES string of the molecule is COc1ccccc1C(=O)N=C1C=C(Cl)C(=O)C(Cl)=C1. The van der Waals surface area contributed by atoms with Crippen molar-refractivity contribution < 1.29 is 14.3 Å². The Balaban J connectivity index is 2.36. The fraction of sp³-hybridized carbons (Fsp3) is 0.0714. The number of carbonyl (C=O) groups excluding carboxylic acids is 2. The molecule has 0 spiro atoms. The molecule has 1 aliphatic rings. The van der Waals surface area contributed by atoms with E-state index in [9.17, 15) is 9.59 Å². The summed E-state index contributed by atoms with van der Waals surface area (Å²) in [6.07, 6.45) is 2.59. The predicted octanol–water partition coefficient (Wildman–Crippen LogP) is 3.10. The van der Waals surface area contributed by atoms with Crippen molar-refractivity contribution >= 4 is 40.6 Å². The number of ether oxygens (including phenoxy) is 1. The average molecular weight is 310 g/mol. The van der Waals surface area contributed by atoms with Gasteiger partial charge in [0.2, 0.25) is 5.78 Å². The summed E-state index contributed by atoms with van der Waals surface area (Å²) >= 11 is 11.4. The van der Waals surface area contributed by atoms with Gasteiger partial charge in [0.1, 0.15) is 5.75 Å². The van der Waals surface area contributed by atoms with Crippen LogP contribution in [0.5, 0.6) is 5.75 Å². The van der Waals surface area contributed by atoms with E-state index >= 15 is 0 Å². The van der Waals surface area contributed by atoms with Crippen molar-refractivity contribution in [1.29, 1.82) is 0 Å². The second-order valence-corrected chi connectivity index (χ2v) is 4.67. The van der Waals surface area contributed by atoms with Crippen molar-refractivity contribution in [3.63, 3.8) is 0 Å². The Morgan fingerprint density at radius 2 is 1.75 bits per heavy atom. The molecule has 4 nitrogen and oxygen atoms in total. The lowest BCUT2D eigenvalue weighted by Gasteiger charge is -2.07. The summed E-state index contributed by atoms with van der Waals surface area (Å²) in [5.74, 6) is -0.579. The third kappa shape index (κ3) is 2.98. The fourth-order valence-corrected chi connectivity index (χ4v) is 2.09.